The first-order chi connectivity index (χ1) is 7.50. The molecule has 0 atom stereocenters. The molecule has 0 spiro atoms. The third-order valence-electron chi connectivity index (χ3n) is 1.54. The Morgan fingerprint density at radius 3 is 2.06 bits per heavy atom. The predicted octanol–water partition coefficient (Wildman–Crippen LogP) is 0.939. The molecule has 0 aromatic heterocycles. The number of nitro groups is 1. The number of hydrazine groups is 3. The molecule has 1 aromatic carbocycles. The van der Waals surface area contributed by atoms with Crippen LogP contribution >= 0.6 is 0 Å². The number of carboxylic acids is 1. The highest BCUT2D eigenvalue weighted by Gasteiger charge is 2.23. The number of carboxylic acid groups (broad SMARTS) is 1. The van der Waals surface area contributed by atoms with Gasteiger partial charge in [-0.2, -0.15) is 0 Å². The normalized spacial score (nSPS) is 11.4. The number of carbonyl (C=O) groups is 1. The molecule has 1 aromatic rings. The molecule has 0 bridgehead atoms. The zero-order chi connectivity index (χ0) is 12.1. The lowest BCUT2D eigenvalue weighted by molar-refractivity contribution is -0.640. The summed E-state index contributed by atoms with van der Waals surface area (Å²) in [5.41, 5.74) is 6.52. The van der Waals surface area contributed by atoms with E-state index in [0.29, 0.717) is 16.6 Å². The van der Waals surface area contributed by atoms with Crippen LogP contribution in [0.3, 0.4) is 0 Å². The van der Waals surface area contributed by atoms with Crippen LogP contribution in [0, 0.1) is 10.1 Å². The molecular formula is C8H10N4O4. The molecule has 8 heteroatoms. The Balaban J connectivity index is 0.000000280. The number of anilines is 2. The molecule has 2 rings (SSSR count). The van der Waals surface area contributed by atoms with Crippen LogP contribution in [0.4, 0.5) is 11.4 Å². The van der Waals surface area contributed by atoms with Crippen LogP contribution in [0.15, 0.2) is 24.3 Å². The quantitative estimate of drug-likeness (QED) is 0.483. The van der Waals surface area contributed by atoms with Crippen molar-refractivity contribution in [1.29, 1.82) is 0 Å². The summed E-state index contributed by atoms with van der Waals surface area (Å²) >= 11 is 0. The van der Waals surface area contributed by atoms with Crippen molar-refractivity contribution in [2.75, 3.05) is 10.9 Å². The standard InChI is InChI=1S/C6H6N4O2.C2H4O2/c11-10(12)9-7-5-3-1-2-4-6(5)8-9;1-2(3)4/h1-4,7-8H;1H3,(H,3,4). The van der Waals surface area contributed by atoms with Crippen LogP contribution in [-0.2, 0) is 4.79 Å². The van der Waals surface area contributed by atoms with Crippen LogP contribution in [0.25, 0.3) is 0 Å². The monoisotopic (exact) mass is 226 g/mol. The van der Waals surface area contributed by atoms with Gasteiger partial charge in [-0.25, -0.2) is 21.0 Å². The molecule has 3 N–H and O–H groups in total. The molecule has 0 aliphatic carbocycles. The van der Waals surface area contributed by atoms with Gasteiger partial charge >= 0.3 is 0 Å². The van der Waals surface area contributed by atoms with Gasteiger partial charge in [0.1, 0.15) is 0 Å². The Bertz CT molecular complexity index is 380. The number of rotatable bonds is 1. The maximum absolute atomic E-state index is 10.3. The van der Waals surface area contributed by atoms with Gasteiger partial charge in [0.2, 0.25) is 5.03 Å². The molecule has 8 nitrogen and oxygen atoms in total. The number of benzene rings is 1. The summed E-state index contributed by atoms with van der Waals surface area (Å²) in [5.74, 6) is -0.833. The summed E-state index contributed by atoms with van der Waals surface area (Å²) in [7, 11) is 0. The highest BCUT2D eigenvalue weighted by atomic mass is 16.7. The van der Waals surface area contributed by atoms with E-state index in [4.69, 9.17) is 9.90 Å². The van der Waals surface area contributed by atoms with Gasteiger partial charge in [-0.3, -0.25) is 4.79 Å². The largest absolute Gasteiger partial charge is 0.481 e. The summed E-state index contributed by atoms with van der Waals surface area (Å²) in [5, 5.41) is 17.8. The molecule has 86 valence electrons. The number of nitrogens with one attached hydrogen (secondary N) is 2. The molecule has 1 aliphatic rings. The van der Waals surface area contributed by atoms with E-state index in [9.17, 15) is 10.1 Å². The van der Waals surface area contributed by atoms with E-state index in [1.165, 1.54) is 0 Å². The Morgan fingerprint density at radius 1 is 1.38 bits per heavy atom. The first-order valence-electron chi connectivity index (χ1n) is 4.27. The topological polar surface area (TPSA) is 108 Å². The Labute approximate surface area is 90.5 Å². The fourth-order valence-corrected chi connectivity index (χ4v) is 1.02. The molecule has 0 radical (unpaired) electrons. The van der Waals surface area contributed by atoms with Crippen molar-refractivity contribution >= 4 is 17.3 Å². The second kappa shape index (κ2) is 4.82. The van der Waals surface area contributed by atoms with E-state index in [1.54, 1.807) is 24.3 Å². The number of para-hydroxylation sites is 2. The van der Waals surface area contributed by atoms with Crippen LogP contribution in [0.5, 0.6) is 0 Å². The lowest BCUT2D eigenvalue weighted by atomic mass is 10.3. The van der Waals surface area contributed by atoms with Crippen LogP contribution in [0.1, 0.15) is 6.92 Å². The number of hydrogen-bond donors (Lipinski definition) is 3. The number of aliphatic carboxylic acids is 1. The molecule has 0 amide bonds. The summed E-state index contributed by atoms with van der Waals surface area (Å²) < 4.78 is 0. The molecule has 1 heterocycles. The second-order valence-corrected chi connectivity index (χ2v) is 2.84. The molecule has 16 heavy (non-hydrogen) atoms. The van der Waals surface area contributed by atoms with Crippen molar-refractivity contribution in [2.45, 2.75) is 6.92 Å². The van der Waals surface area contributed by atoms with Gasteiger partial charge in [-0.05, 0) is 12.1 Å². The first kappa shape index (κ1) is 11.6. The lowest BCUT2D eigenvalue weighted by Gasteiger charge is -2.04. The molecular weight excluding hydrogens is 216 g/mol. The number of hydrogen-bond acceptors (Lipinski definition) is 5. The van der Waals surface area contributed by atoms with Crippen molar-refractivity contribution in [3.05, 3.63) is 34.4 Å². The first-order valence-corrected chi connectivity index (χ1v) is 4.27. The van der Waals surface area contributed by atoms with E-state index < -0.39 is 11.0 Å². The van der Waals surface area contributed by atoms with E-state index >= 15 is 0 Å². The SMILES string of the molecule is CC(=O)O.O=[N+]([O-])N1Nc2ccccc2N1. The Hall–Kier alpha value is -2.51. The van der Waals surface area contributed by atoms with Crippen LogP contribution in [0.2, 0.25) is 0 Å². The maximum Gasteiger partial charge on any atom is 0.300 e. The third kappa shape index (κ3) is 3.01. The molecule has 0 fully saturated rings. The molecule has 1 aliphatic heterocycles. The second-order valence-electron chi connectivity index (χ2n) is 2.84. The summed E-state index contributed by atoms with van der Waals surface area (Å²) in [4.78, 5) is 19.3. The van der Waals surface area contributed by atoms with Crippen molar-refractivity contribution in [2.24, 2.45) is 0 Å². The van der Waals surface area contributed by atoms with E-state index in [1.807, 2.05) is 0 Å². The van der Waals surface area contributed by atoms with Crippen LogP contribution < -0.4 is 10.9 Å². The minimum absolute atomic E-state index is 0.569. The predicted molar refractivity (Wildman–Crippen MR) is 55.8 cm³/mol. The van der Waals surface area contributed by atoms with Gasteiger partial charge in [-0.15, -0.1) is 0 Å². The summed E-state index contributed by atoms with van der Waals surface area (Å²) in [6.45, 7) is 1.08. The maximum atomic E-state index is 10.3. The van der Waals surface area contributed by atoms with E-state index in [-0.39, 0.29) is 0 Å². The van der Waals surface area contributed by atoms with Crippen LogP contribution in [-0.4, -0.2) is 21.3 Å². The van der Waals surface area contributed by atoms with Crippen molar-refractivity contribution < 1.29 is 14.9 Å². The Morgan fingerprint density at radius 2 is 1.75 bits per heavy atom. The van der Waals surface area contributed by atoms with Gasteiger partial charge in [-0.1, -0.05) is 12.1 Å². The van der Waals surface area contributed by atoms with Crippen molar-refractivity contribution in [1.82, 2.24) is 5.23 Å². The lowest BCUT2D eigenvalue weighted by Crippen LogP contribution is -2.35. The zero-order valence-electron chi connectivity index (χ0n) is 8.38. The van der Waals surface area contributed by atoms with Crippen molar-refractivity contribution in [3.63, 3.8) is 0 Å². The highest BCUT2D eigenvalue weighted by Crippen LogP contribution is 2.26. The molecule has 0 unspecified atom stereocenters. The third-order valence-corrected chi connectivity index (χ3v) is 1.54. The average Bonchev–Trinajstić information content (AvgIpc) is 2.59. The van der Waals surface area contributed by atoms with E-state index in [2.05, 4.69) is 10.9 Å². The van der Waals surface area contributed by atoms with Crippen molar-refractivity contribution in [3.8, 4) is 0 Å². The fourth-order valence-electron chi connectivity index (χ4n) is 1.02. The molecule has 0 saturated heterocycles. The highest BCUT2D eigenvalue weighted by molar-refractivity contribution is 5.70. The van der Waals surface area contributed by atoms with Gasteiger partial charge in [0.25, 0.3) is 5.97 Å². The summed E-state index contributed by atoms with van der Waals surface area (Å²) in [6.07, 6.45) is 0. The smallest absolute Gasteiger partial charge is 0.300 e. The minimum atomic E-state index is -0.833. The fraction of sp³-hybridized carbons (Fsp3) is 0.125. The number of fused-ring (bicyclic) bond motifs is 1. The Kier molecular flexibility index (Phi) is 3.49. The van der Waals surface area contributed by atoms with Gasteiger partial charge in [0, 0.05) is 6.92 Å². The minimum Gasteiger partial charge on any atom is -0.481 e. The average molecular weight is 226 g/mol. The number of nitrogens with zero attached hydrogens (tertiary/aromatic N) is 2. The van der Waals surface area contributed by atoms with Gasteiger partial charge in [0.15, 0.2) is 0 Å². The van der Waals surface area contributed by atoms with Gasteiger partial charge in [0.05, 0.1) is 16.6 Å². The van der Waals surface area contributed by atoms with Gasteiger partial charge < -0.3 is 5.11 Å². The molecule has 0 saturated carbocycles. The summed E-state index contributed by atoms with van der Waals surface area (Å²) in [6, 6.07) is 7.12. The zero-order valence-corrected chi connectivity index (χ0v) is 8.38. The van der Waals surface area contributed by atoms with E-state index in [0.717, 1.165) is 6.92 Å².